The Hall–Kier alpha value is -1.10. The summed E-state index contributed by atoms with van der Waals surface area (Å²) in [5.41, 5.74) is 0.953. The number of hydrogen-bond acceptors (Lipinski definition) is 1. The monoisotopic (exact) mass is 305 g/mol. The zero-order valence-corrected chi connectivity index (χ0v) is 12.7. The zero-order chi connectivity index (χ0) is 16.0. The van der Waals surface area contributed by atoms with Crippen molar-refractivity contribution in [1.29, 1.82) is 0 Å². The van der Waals surface area contributed by atoms with Crippen LogP contribution in [0.3, 0.4) is 0 Å². The molecule has 1 rings (SSSR count). The molecular formula is C16H23F4N. The van der Waals surface area contributed by atoms with Crippen molar-refractivity contribution in [3.63, 3.8) is 0 Å². The zero-order valence-electron chi connectivity index (χ0n) is 12.7. The molecule has 1 nitrogen and oxygen atoms in total. The van der Waals surface area contributed by atoms with Gasteiger partial charge < -0.3 is 5.32 Å². The lowest BCUT2D eigenvalue weighted by atomic mass is 9.94. The van der Waals surface area contributed by atoms with E-state index in [1.54, 1.807) is 12.1 Å². The molecule has 0 saturated heterocycles. The average Bonchev–Trinajstić information content (AvgIpc) is 2.35. The summed E-state index contributed by atoms with van der Waals surface area (Å²) in [5.74, 6) is -0.0278. The third kappa shape index (κ3) is 6.93. The highest BCUT2D eigenvalue weighted by atomic mass is 19.4. The standard InChI is InChI=1S/C16H23F4N/c1-11(2)15(13-6-8-14(17)9-7-13)21-12(3)5-4-10-16(18,19)20/h6-9,11-12,15,21H,4-5,10H2,1-3H3. The Labute approximate surface area is 123 Å². The second kappa shape index (κ2) is 7.78. The highest BCUT2D eigenvalue weighted by molar-refractivity contribution is 5.20. The fraction of sp³-hybridized carbons (Fsp3) is 0.625. The molecule has 2 unspecified atom stereocenters. The molecule has 120 valence electrons. The topological polar surface area (TPSA) is 12.0 Å². The first-order valence-electron chi connectivity index (χ1n) is 7.27. The summed E-state index contributed by atoms with van der Waals surface area (Å²) in [7, 11) is 0. The van der Waals surface area contributed by atoms with Crippen LogP contribution in [0.1, 0.15) is 51.6 Å². The first kappa shape index (κ1) is 18.0. The third-order valence-electron chi connectivity index (χ3n) is 3.46. The van der Waals surface area contributed by atoms with Crippen molar-refractivity contribution < 1.29 is 17.6 Å². The van der Waals surface area contributed by atoms with Crippen molar-refractivity contribution in [2.75, 3.05) is 0 Å². The maximum atomic E-state index is 13.0. The van der Waals surface area contributed by atoms with Crippen molar-refractivity contribution in [2.24, 2.45) is 5.92 Å². The first-order chi connectivity index (χ1) is 9.69. The molecule has 5 heteroatoms. The fourth-order valence-electron chi connectivity index (χ4n) is 2.34. The number of nitrogens with one attached hydrogen (secondary N) is 1. The normalized spacial score (nSPS) is 15.2. The lowest BCUT2D eigenvalue weighted by Crippen LogP contribution is -2.33. The van der Waals surface area contributed by atoms with Crippen LogP contribution in [0, 0.1) is 11.7 Å². The van der Waals surface area contributed by atoms with Gasteiger partial charge in [-0.1, -0.05) is 26.0 Å². The van der Waals surface area contributed by atoms with E-state index in [1.165, 1.54) is 12.1 Å². The van der Waals surface area contributed by atoms with Gasteiger partial charge in [-0.15, -0.1) is 0 Å². The van der Waals surface area contributed by atoms with Gasteiger partial charge in [-0.25, -0.2) is 4.39 Å². The van der Waals surface area contributed by atoms with E-state index in [4.69, 9.17) is 0 Å². The lowest BCUT2D eigenvalue weighted by molar-refractivity contribution is -0.135. The van der Waals surface area contributed by atoms with Crippen molar-refractivity contribution in [1.82, 2.24) is 5.32 Å². The molecule has 0 amide bonds. The van der Waals surface area contributed by atoms with Crippen LogP contribution in [0.5, 0.6) is 0 Å². The summed E-state index contributed by atoms with van der Waals surface area (Å²) in [6.45, 7) is 5.95. The molecule has 0 radical (unpaired) electrons. The molecule has 1 aromatic rings. The Kier molecular flexibility index (Phi) is 6.65. The Morgan fingerprint density at radius 1 is 1.05 bits per heavy atom. The van der Waals surface area contributed by atoms with Crippen molar-refractivity contribution >= 4 is 0 Å². The van der Waals surface area contributed by atoms with Crippen LogP contribution in [0.25, 0.3) is 0 Å². The van der Waals surface area contributed by atoms with E-state index in [0.29, 0.717) is 6.42 Å². The Morgan fingerprint density at radius 3 is 2.10 bits per heavy atom. The predicted octanol–water partition coefficient (Wildman–Crippen LogP) is 5.23. The van der Waals surface area contributed by atoms with Gasteiger partial charge in [0.2, 0.25) is 0 Å². The summed E-state index contributed by atoms with van der Waals surface area (Å²) in [6, 6.07) is 6.23. The quantitative estimate of drug-likeness (QED) is 0.680. The van der Waals surface area contributed by atoms with Gasteiger partial charge in [0, 0.05) is 18.5 Å². The third-order valence-corrected chi connectivity index (χ3v) is 3.46. The van der Waals surface area contributed by atoms with Crippen molar-refractivity contribution in [2.45, 2.75) is 58.3 Å². The van der Waals surface area contributed by atoms with Gasteiger partial charge in [0.1, 0.15) is 5.82 Å². The smallest absolute Gasteiger partial charge is 0.307 e. The summed E-state index contributed by atoms with van der Waals surface area (Å²) in [4.78, 5) is 0. The van der Waals surface area contributed by atoms with Crippen molar-refractivity contribution in [3.05, 3.63) is 35.6 Å². The van der Waals surface area contributed by atoms with Gasteiger partial charge >= 0.3 is 6.18 Å². The van der Waals surface area contributed by atoms with Gasteiger partial charge in [0.25, 0.3) is 0 Å². The van der Waals surface area contributed by atoms with Crippen molar-refractivity contribution in [3.8, 4) is 0 Å². The van der Waals surface area contributed by atoms with Gasteiger partial charge in [0.05, 0.1) is 0 Å². The largest absolute Gasteiger partial charge is 0.389 e. The van der Waals surface area contributed by atoms with Crippen LogP contribution in [-0.2, 0) is 0 Å². The average molecular weight is 305 g/mol. The van der Waals surface area contributed by atoms with Gasteiger partial charge in [-0.3, -0.25) is 0 Å². The summed E-state index contributed by atoms with van der Waals surface area (Å²) in [6.07, 6.45) is -4.26. The fourth-order valence-corrected chi connectivity index (χ4v) is 2.34. The molecule has 21 heavy (non-hydrogen) atoms. The molecule has 1 aromatic carbocycles. The second-order valence-electron chi connectivity index (χ2n) is 5.85. The van der Waals surface area contributed by atoms with E-state index in [2.05, 4.69) is 5.32 Å². The molecule has 0 aromatic heterocycles. The Bertz CT molecular complexity index is 411. The number of alkyl halides is 3. The van der Waals surface area contributed by atoms with Gasteiger partial charge in [-0.2, -0.15) is 13.2 Å². The molecule has 1 N–H and O–H groups in total. The number of hydrogen-bond donors (Lipinski definition) is 1. The van der Waals surface area contributed by atoms with Crippen LogP contribution < -0.4 is 5.32 Å². The second-order valence-corrected chi connectivity index (χ2v) is 5.85. The number of benzene rings is 1. The Morgan fingerprint density at radius 2 is 1.62 bits per heavy atom. The van der Waals surface area contributed by atoms with Crippen LogP contribution >= 0.6 is 0 Å². The minimum absolute atomic E-state index is 0.00601. The van der Waals surface area contributed by atoms with Crippen LogP contribution in [0.4, 0.5) is 17.6 Å². The van der Waals surface area contributed by atoms with E-state index in [0.717, 1.165) is 5.56 Å². The highest BCUT2D eigenvalue weighted by Crippen LogP contribution is 2.25. The van der Waals surface area contributed by atoms with Crippen LogP contribution in [-0.4, -0.2) is 12.2 Å². The molecule has 0 saturated carbocycles. The summed E-state index contributed by atoms with van der Waals surface area (Å²) >= 11 is 0. The molecule has 0 aliphatic heterocycles. The van der Waals surface area contributed by atoms with E-state index in [-0.39, 0.29) is 30.2 Å². The van der Waals surface area contributed by atoms with Gasteiger partial charge in [0.15, 0.2) is 0 Å². The van der Waals surface area contributed by atoms with E-state index in [1.807, 2.05) is 20.8 Å². The van der Waals surface area contributed by atoms with E-state index >= 15 is 0 Å². The SMILES string of the molecule is CC(CCCC(F)(F)F)NC(c1ccc(F)cc1)C(C)C. The number of halogens is 4. The molecular weight excluding hydrogens is 282 g/mol. The van der Waals surface area contributed by atoms with Crippen LogP contribution in [0.15, 0.2) is 24.3 Å². The number of rotatable bonds is 7. The van der Waals surface area contributed by atoms with Crippen LogP contribution in [0.2, 0.25) is 0 Å². The lowest BCUT2D eigenvalue weighted by Gasteiger charge is -2.27. The molecule has 0 bridgehead atoms. The maximum absolute atomic E-state index is 13.0. The predicted molar refractivity (Wildman–Crippen MR) is 76.5 cm³/mol. The van der Waals surface area contributed by atoms with Gasteiger partial charge in [-0.05, 0) is 43.4 Å². The minimum Gasteiger partial charge on any atom is -0.307 e. The molecule has 0 aliphatic carbocycles. The molecule has 0 spiro atoms. The molecule has 2 atom stereocenters. The minimum atomic E-state index is -4.09. The summed E-state index contributed by atoms with van der Waals surface area (Å²) in [5, 5.41) is 3.35. The first-order valence-corrected chi connectivity index (χ1v) is 7.27. The Balaban J connectivity index is 2.56. The molecule has 0 fully saturated rings. The maximum Gasteiger partial charge on any atom is 0.389 e. The molecule has 0 heterocycles. The summed E-state index contributed by atoms with van der Waals surface area (Å²) < 4.78 is 49.4. The molecule has 0 aliphatic rings. The van der Waals surface area contributed by atoms with E-state index < -0.39 is 12.6 Å². The van der Waals surface area contributed by atoms with E-state index in [9.17, 15) is 17.6 Å². The highest BCUT2D eigenvalue weighted by Gasteiger charge is 2.26.